The molecule has 0 radical (unpaired) electrons. The van der Waals surface area contributed by atoms with Crippen LogP contribution >= 0.6 is 0 Å². The monoisotopic (exact) mass is 1080 g/mol. The lowest BCUT2D eigenvalue weighted by Gasteiger charge is -2.37. The minimum absolute atomic E-state index is 0.108. The number of nitrogens with zero attached hydrogens (tertiary/aromatic N) is 5. The van der Waals surface area contributed by atoms with E-state index in [0.717, 1.165) is 46.5 Å². The summed E-state index contributed by atoms with van der Waals surface area (Å²) in [4.78, 5) is 85.2. The Morgan fingerprint density at radius 3 is 2.32 bits per heavy atom. The fraction of sp³-hybridized carbons (Fsp3) is 0.410. The van der Waals surface area contributed by atoms with Crippen LogP contribution in [0.3, 0.4) is 0 Å². The maximum Gasteiger partial charge on any atom is 0.329 e. The zero-order chi connectivity index (χ0) is 56.2. The number of piperidine rings is 2. The molecule has 0 aromatic heterocycles. The molecule has 416 valence electrons. The Kier molecular flexibility index (Phi) is 19.0. The second-order valence-electron chi connectivity index (χ2n) is 20.2. The van der Waals surface area contributed by atoms with Crippen molar-refractivity contribution in [3.8, 4) is 23.0 Å². The van der Waals surface area contributed by atoms with Gasteiger partial charge in [0, 0.05) is 62.0 Å². The molecule has 5 aromatic rings. The van der Waals surface area contributed by atoms with Gasteiger partial charge in [0.15, 0.2) is 18.1 Å². The summed E-state index contributed by atoms with van der Waals surface area (Å²) >= 11 is 0. The van der Waals surface area contributed by atoms with Crippen LogP contribution in [0.5, 0.6) is 23.0 Å². The number of nitrogens with one attached hydrogen (secondary N) is 2. The SMILES string of the molecule is CC[C@H](C(=O)N1CCCC[C@H]1C(=O)O[C@H](CCc1ccc(OC)c(OC)c1)c1ccccc1OCC(=O)NCCCN(C)c1ccc(N=Nc2cccc3c2CN(C2CCC(=O)NC2=O)C3=O)cc1)c1cc(C)c(OC)c(C)c1. The van der Waals surface area contributed by atoms with E-state index in [4.69, 9.17) is 23.7 Å². The number of ether oxygens (including phenoxy) is 5. The van der Waals surface area contributed by atoms with Gasteiger partial charge in [0.2, 0.25) is 17.7 Å². The third-order valence-electron chi connectivity index (χ3n) is 15.0. The predicted octanol–water partition coefficient (Wildman–Crippen LogP) is 9.32. The summed E-state index contributed by atoms with van der Waals surface area (Å²) in [5, 5.41) is 14.2. The van der Waals surface area contributed by atoms with Crippen molar-refractivity contribution >= 4 is 52.6 Å². The topological polar surface area (TPSA) is 207 Å². The number of likely N-dealkylation sites (tertiary alicyclic amines) is 1. The largest absolute Gasteiger partial charge is 0.496 e. The molecular weight excluding hydrogens is 1010 g/mol. The summed E-state index contributed by atoms with van der Waals surface area (Å²) in [6.07, 6.45) is 3.72. The summed E-state index contributed by atoms with van der Waals surface area (Å²) < 4.78 is 29.4. The van der Waals surface area contributed by atoms with Crippen LogP contribution in [0.25, 0.3) is 0 Å². The lowest BCUT2D eigenvalue weighted by molar-refractivity contribution is -0.162. The number of hydrogen-bond acceptors (Lipinski definition) is 14. The number of carbonyl (C=O) groups excluding carboxylic acids is 6. The Balaban J connectivity index is 0.872. The second kappa shape index (κ2) is 26.4. The molecule has 18 heteroatoms. The number of imide groups is 1. The molecule has 79 heavy (non-hydrogen) atoms. The Morgan fingerprint density at radius 1 is 0.835 bits per heavy atom. The van der Waals surface area contributed by atoms with Crippen molar-refractivity contribution in [1.82, 2.24) is 20.4 Å². The minimum Gasteiger partial charge on any atom is -0.496 e. The lowest BCUT2D eigenvalue weighted by Crippen LogP contribution is -2.52. The maximum absolute atomic E-state index is 14.6. The second-order valence-corrected chi connectivity index (χ2v) is 20.2. The van der Waals surface area contributed by atoms with Crippen molar-refractivity contribution in [2.75, 3.05) is 59.5 Å². The predicted molar refractivity (Wildman–Crippen MR) is 297 cm³/mol. The molecule has 2 saturated heterocycles. The van der Waals surface area contributed by atoms with Gasteiger partial charge in [-0.25, -0.2) is 4.79 Å². The number of aryl methyl sites for hydroxylation is 3. The van der Waals surface area contributed by atoms with E-state index in [1.54, 1.807) is 50.5 Å². The molecule has 3 aliphatic heterocycles. The highest BCUT2D eigenvalue weighted by molar-refractivity contribution is 6.06. The third kappa shape index (κ3) is 13.5. The number of hydrogen-bond donors (Lipinski definition) is 2. The third-order valence-corrected chi connectivity index (χ3v) is 15.0. The molecule has 4 atom stereocenters. The highest BCUT2D eigenvalue weighted by atomic mass is 16.5. The van der Waals surface area contributed by atoms with E-state index in [0.29, 0.717) is 97.1 Å². The summed E-state index contributed by atoms with van der Waals surface area (Å²) in [7, 11) is 6.76. The highest BCUT2D eigenvalue weighted by Gasteiger charge is 2.41. The molecule has 0 bridgehead atoms. The number of methoxy groups -OCH3 is 3. The van der Waals surface area contributed by atoms with Crippen molar-refractivity contribution < 1.29 is 52.5 Å². The van der Waals surface area contributed by atoms with Crippen LogP contribution in [-0.2, 0) is 41.7 Å². The van der Waals surface area contributed by atoms with E-state index >= 15 is 0 Å². The van der Waals surface area contributed by atoms with Crippen LogP contribution < -0.4 is 34.5 Å². The Labute approximate surface area is 461 Å². The lowest BCUT2D eigenvalue weighted by atomic mass is 9.90. The number of para-hydroxylation sites is 1. The standard InChI is InChI=1S/C61H71N7O11/c1-8-44(41-33-38(2)57(77-7)39(3)34-41)59(72)67-32-12-11-18-50(67)61(74)79-52(27-20-40-21-28-53(75-5)54(35-40)76-6)46-15-9-10-19-51(46)78-37-56(70)62-30-14-31-66(4)43-24-22-42(23-25-43)64-65-48-17-13-16-45-47(48)36-68(60(45)73)49-26-29-55(69)63-58(49)71/h9-10,13,15-17,19,21-25,28,33-35,44,49-50,52H,8,11-12,14,18,20,26-27,29-32,36-37H2,1-7H3,(H,62,70)(H,63,69,71)/t44-,49?,50-,52+/m0/s1. The number of amides is 5. The van der Waals surface area contributed by atoms with Gasteiger partial charge in [0.25, 0.3) is 11.8 Å². The molecule has 0 spiro atoms. The van der Waals surface area contributed by atoms with Crippen LogP contribution in [0.15, 0.2) is 107 Å². The molecule has 3 heterocycles. The normalized spacial score (nSPS) is 16.9. The van der Waals surface area contributed by atoms with Gasteiger partial charge in [-0.3, -0.25) is 29.3 Å². The van der Waals surface area contributed by atoms with Crippen LogP contribution in [0, 0.1) is 13.8 Å². The average molecular weight is 1080 g/mol. The first-order chi connectivity index (χ1) is 38.2. The highest BCUT2D eigenvalue weighted by Crippen LogP contribution is 2.38. The molecule has 0 saturated carbocycles. The van der Waals surface area contributed by atoms with E-state index in [1.807, 2.05) is 101 Å². The first kappa shape index (κ1) is 56.9. The molecule has 5 aromatic carbocycles. The zero-order valence-electron chi connectivity index (χ0n) is 46.2. The Morgan fingerprint density at radius 2 is 1.59 bits per heavy atom. The molecule has 1 unspecified atom stereocenters. The van der Waals surface area contributed by atoms with Gasteiger partial charge in [-0.2, -0.15) is 10.2 Å². The fourth-order valence-electron chi connectivity index (χ4n) is 10.8. The quantitative estimate of drug-likeness (QED) is 0.0272. The van der Waals surface area contributed by atoms with Gasteiger partial charge in [0.1, 0.15) is 29.7 Å². The molecule has 2 N–H and O–H groups in total. The summed E-state index contributed by atoms with van der Waals surface area (Å²) in [5.74, 6) is -0.0892. The van der Waals surface area contributed by atoms with Crippen LogP contribution in [0.2, 0.25) is 0 Å². The molecule has 2 fully saturated rings. The van der Waals surface area contributed by atoms with Crippen molar-refractivity contribution in [2.24, 2.45) is 10.2 Å². The number of benzene rings is 5. The molecule has 5 amide bonds. The molecular formula is C61H71N7O11. The average Bonchev–Trinajstić information content (AvgIpc) is 4.04. The van der Waals surface area contributed by atoms with E-state index in [1.165, 1.54) is 4.90 Å². The first-order valence-electron chi connectivity index (χ1n) is 27.1. The molecule has 18 nitrogen and oxygen atoms in total. The van der Waals surface area contributed by atoms with Gasteiger partial charge in [-0.15, -0.1) is 0 Å². The molecule has 3 aliphatic rings. The first-order valence-corrected chi connectivity index (χ1v) is 27.1. The van der Waals surface area contributed by atoms with Crippen LogP contribution in [0.1, 0.15) is 114 Å². The Hall–Kier alpha value is -8.28. The van der Waals surface area contributed by atoms with Crippen molar-refractivity contribution in [3.05, 3.63) is 136 Å². The number of fused-ring (bicyclic) bond motifs is 1. The summed E-state index contributed by atoms with van der Waals surface area (Å²) in [6, 6.07) is 28.2. The van der Waals surface area contributed by atoms with Crippen molar-refractivity contribution in [3.63, 3.8) is 0 Å². The number of carbonyl (C=O) groups is 6. The van der Waals surface area contributed by atoms with E-state index in [9.17, 15) is 28.8 Å². The molecule has 0 aliphatic carbocycles. The van der Waals surface area contributed by atoms with Gasteiger partial charge < -0.3 is 43.7 Å². The minimum atomic E-state index is -0.795. The smallest absolute Gasteiger partial charge is 0.329 e. The number of anilines is 1. The molecule has 8 rings (SSSR count). The number of esters is 1. The van der Waals surface area contributed by atoms with Crippen molar-refractivity contribution in [1.29, 1.82) is 0 Å². The van der Waals surface area contributed by atoms with Crippen LogP contribution in [0.4, 0.5) is 17.1 Å². The van der Waals surface area contributed by atoms with E-state index < -0.39 is 36.0 Å². The van der Waals surface area contributed by atoms with Gasteiger partial charge in [-0.05, 0) is 142 Å². The van der Waals surface area contributed by atoms with E-state index in [-0.39, 0.29) is 49.6 Å². The van der Waals surface area contributed by atoms with Crippen molar-refractivity contribution in [2.45, 2.75) is 109 Å². The van der Waals surface area contributed by atoms with Gasteiger partial charge in [-0.1, -0.05) is 49.4 Å². The zero-order valence-corrected chi connectivity index (χ0v) is 46.2. The number of azo groups is 1. The number of rotatable bonds is 23. The summed E-state index contributed by atoms with van der Waals surface area (Å²) in [5.41, 5.74) is 7.52. The fourth-order valence-corrected chi connectivity index (χ4v) is 10.8. The van der Waals surface area contributed by atoms with Gasteiger partial charge >= 0.3 is 5.97 Å². The summed E-state index contributed by atoms with van der Waals surface area (Å²) in [6.45, 7) is 7.32. The van der Waals surface area contributed by atoms with Gasteiger partial charge in [0.05, 0.1) is 38.6 Å². The van der Waals surface area contributed by atoms with E-state index in [2.05, 4.69) is 25.8 Å². The Bertz CT molecular complexity index is 3050. The maximum atomic E-state index is 14.6. The van der Waals surface area contributed by atoms with Crippen LogP contribution in [-0.4, -0.2) is 112 Å².